The first-order chi connectivity index (χ1) is 13.8. The molecule has 1 aromatic carbocycles. The van der Waals surface area contributed by atoms with Crippen molar-refractivity contribution in [2.75, 3.05) is 0 Å². The van der Waals surface area contributed by atoms with Crippen molar-refractivity contribution < 1.29 is 13.9 Å². The Labute approximate surface area is 178 Å². The lowest BCUT2D eigenvalue weighted by atomic mass is 9.95. The van der Waals surface area contributed by atoms with Crippen LogP contribution >= 0.6 is 22.9 Å². The quantitative estimate of drug-likeness (QED) is 0.627. The van der Waals surface area contributed by atoms with E-state index in [0.29, 0.717) is 33.6 Å². The molecule has 1 aliphatic heterocycles. The van der Waals surface area contributed by atoms with Gasteiger partial charge in [0.25, 0.3) is 0 Å². The maximum Gasteiger partial charge on any atom is 0.338 e. The number of nitrogens with one attached hydrogen (secondary N) is 1. The number of amidine groups is 1. The topological polar surface area (TPSA) is 63.6 Å². The summed E-state index contributed by atoms with van der Waals surface area (Å²) in [7, 11) is 0. The lowest BCUT2D eigenvalue weighted by Crippen LogP contribution is -2.33. The van der Waals surface area contributed by atoms with Crippen molar-refractivity contribution >= 4 is 34.7 Å². The summed E-state index contributed by atoms with van der Waals surface area (Å²) in [5, 5.41) is 5.89. The SMILES string of the molecule is CC1=C(C(=O)OC(C)CC(C)C)C(c2ccc(F)cc2Cl)N=C(c2nccs2)N1. The molecule has 29 heavy (non-hydrogen) atoms. The monoisotopic (exact) mass is 435 g/mol. The largest absolute Gasteiger partial charge is 0.459 e. The third-order valence-electron chi connectivity index (χ3n) is 4.46. The standard InChI is InChI=1S/C21H23ClFN3O2S/c1-11(2)9-12(3)28-21(27)17-13(4)25-19(20-24-7-8-29-20)26-18(17)15-6-5-14(23)10-16(15)22/h5-8,10-12,18H,9H2,1-4H3,(H,25,26). The van der Waals surface area contributed by atoms with Crippen LogP contribution in [0.15, 0.2) is 46.0 Å². The van der Waals surface area contributed by atoms with Crippen LogP contribution in [0.25, 0.3) is 0 Å². The van der Waals surface area contributed by atoms with Crippen molar-refractivity contribution in [3.05, 3.63) is 62.5 Å². The first-order valence-electron chi connectivity index (χ1n) is 9.37. The number of nitrogens with zero attached hydrogens (tertiary/aromatic N) is 2. The number of esters is 1. The third kappa shape index (κ3) is 5.03. The highest BCUT2D eigenvalue weighted by molar-refractivity contribution is 7.11. The van der Waals surface area contributed by atoms with Crippen LogP contribution in [0.4, 0.5) is 4.39 Å². The number of carbonyl (C=O) groups is 1. The van der Waals surface area contributed by atoms with Gasteiger partial charge in [0.15, 0.2) is 10.8 Å². The van der Waals surface area contributed by atoms with Crippen molar-refractivity contribution in [2.45, 2.75) is 46.3 Å². The minimum absolute atomic E-state index is 0.201. The zero-order chi connectivity index (χ0) is 21.1. The van der Waals surface area contributed by atoms with Gasteiger partial charge in [-0.2, -0.15) is 0 Å². The molecule has 0 saturated carbocycles. The highest BCUT2D eigenvalue weighted by Gasteiger charge is 2.33. The molecule has 0 radical (unpaired) electrons. The molecular formula is C21H23ClFN3O2S. The Balaban J connectivity index is 2.00. The van der Waals surface area contributed by atoms with E-state index in [1.807, 2.05) is 12.3 Å². The first kappa shape index (κ1) is 21.5. The van der Waals surface area contributed by atoms with E-state index in [1.54, 1.807) is 19.2 Å². The number of halogens is 2. The maximum atomic E-state index is 13.6. The second-order valence-electron chi connectivity index (χ2n) is 7.39. The third-order valence-corrected chi connectivity index (χ3v) is 5.57. The summed E-state index contributed by atoms with van der Waals surface area (Å²) in [6.45, 7) is 7.80. The van der Waals surface area contributed by atoms with Gasteiger partial charge in [-0.15, -0.1) is 11.3 Å². The maximum absolute atomic E-state index is 13.6. The average Bonchev–Trinajstić information content (AvgIpc) is 3.14. The fourth-order valence-corrected chi connectivity index (χ4v) is 4.15. The van der Waals surface area contributed by atoms with Crippen molar-refractivity contribution in [3.63, 3.8) is 0 Å². The Morgan fingerprint density at radius 2 is 2.14 bits per heavy atom. The molecule has 0 aliphatic carbocycles. The van der Waals surface area contributed by atoms with E-state index in [0.717, 1.165) is 6.42 Å². The van der Waals surface area contributed by atoms with Crippen LogP contribution in [0.1, 0.15) is 50.7 Å². The van der Waals surface area contributed by atoms with E-state index in [9.17, 15) is 9.18 Å². The predicted octanol–water partition coefficient (Wildman–Crippen LogP) is 5.28. The molecular weight excluding hydrogens is 413 g/mol. The second kappa shape index (κ2) is 9.05. The first-order valence-corrected chi connectivity index (χ1v) is 10.6. The van der Waals surface area contributed by atoms with Crippen molar-refractivity contribution in [1.29, 1.82) is 0 Å². The molecule has 5 nitrogen and oxygen atoms in total. The smallest absolute Gasteiger partial charge is 0.338 e. The Kier molecular flexibility index (Phi) is 6.70. The molecule has 0 spiro atoms. The van der Waals surface area contributed by atoms with E-state index in [2.05, 4.69) is 24.1 Å². The molecule has 3 rings (SSSR count). The van der Waals surface area contributed by atoms with Crippen LogP contribution < -0.4 is 5.32 Å². The van der Waals surface area contributed by atoms with Gasteiger partial charge >= 0.3 is 5.97 Å². The molecule has 2 unspecified atom stereocenters. The number of thiazole rings is 1. The Hall–Kier alpha value is -2.25. The highest BCUT2D eigenvalue weighted by atomic mass is 35.5. The van der Waals surface area contributed by atoms with Crippen molar-refractivity contribution in [2.24, 2.45) is 10.9 Å². The highest BCUT2D eigenvalue weighted by Crippen LogP contribution is 2.36. The summed E-state index contributed by atoms with van der Waals surface area (Å²) < 4.78 is 19.3. The number of hydrogen-bond acceptors (Lipinski definition) is 6. The molecule has 2 atom stereocenters. The van der Waals surface area contributed by atoms with Gasteiger partial charge in [-0.25, -0.2) is 14.2 Å². The normalized spacial score (nSPS) is 17.8. The summed E-state index contributed by atoms with van der Waals surface area (Å²) in [6, 6.07) is 3.36. The van der Waals surface area contributed by atoms with Gasteiger partial charge in [0.2, 0.25) is 0 Å². The van der Waals surface area contributed by atoms with E-state index < -0.39 is 17.8 Å². The van der Waals surface area contributed by atoms with Gasteiger partial charge in [0.05, 0.1) is 11.7 Å². The van der Waals surface area contributed by atoms with Crippen LogP contribution in [-0.4, -0.2) is 22.9 Å². The average molecular weight is 436 g/mol. The van der Waals surface area contributed by atoms with Gasteiger partial charge in [-0.1, -0.05) is 31.5 Å². The number of hydrogen-bond donors (Lipinski definition) is 1. The fraction of sp³-hybridized carbons (Fsp3) is 0.381. The minimum Gasteiger partial charge on any atom is -0.459 e. The number of benzene rings is 1. The molecule has 0 saturated heterocycles. The Bertz CT molecular complexity index is 957. The molecule has 8 heteroatoms. The van der Waals surface area contributed by atoms with Gasteiger partial charge in [0, 0.05) is 27.9 Å². The predicted molar refractivity (Wildman–Crippen MR) is 114 cm³/mol. The number of rotatable bonds is 6. The summed E-state index contributed by atoms with van der Waals surface area (Å²) in [5.74, 6) is 0.0200. The Morgan fingerprint density at radius 1 is 1.38 bits per heavy atom. The molecule has 1 aromatic heterocycles. The van der Waals surface area contributed by atoms with E-state index in [4.69, 9.17) is 21.3 Å². The zero-order valence-electron chi connectivity index (χ0n) is 16.7. The van der Waals surface area contributed by atoms with Crippen LogP contribution in [0.2, 0.25) is 5.02 Å². The van der Waals surface area contributed by atoms with Crippen LogP contribution in [0.5, 0.6) is 0 Å². The lowest BCUT2D eigenvalue weighted by molar-refractivity contribution is -0.144. The molecule has 0 bridgehead atoms. The van der Waals surface area contributed by atoms with Crippen molar-refractivity contribution in [1.82, 2.24) is 10.3 Å². The molecule has 2 aromatic rings. The fourth-order valence-electron chi connectivity index (χ4n) is 3.30. The molecule has 0 fully saturated rings. The number of aliphatic imine (C=N–C) groups is 1. The van der Waals surface area contributed by atoms with Crippen LogP contribution in [0.3, 0.4) is 0 Å². The molecule has 154 valence electrons. The van der Waals surface area contributed by atoms with Crippen molar-refractivity contribution in [3.8, 4) is 0 Å². The lowest BCUT2D eigenvalue weighted by Gasteiger charge is -2.27. The molecule has 1 N–H and O–H groups in total. The van der Waals surface area contributed by atoms with E-state index in [-0.39, 0.29) is 11.1 Å². The second-order valence-corrected chi connectivity index (χ2v) is 8.69. The molecule has 1 aliphatic rings. The summed E-state index contributed by atoms with van der Waals surface area (Å²) in [5.41, 5.74) is 1.50. The minimum atomic E-state index is -0.720. The zero-order valence-corrected chi connectivity index (χ0v) is 18.3. The van der Waals surface area contributed by atoms with Crippen LogP contribution in [0, 0.1) is 11.7 Å². The van der Waals surface area contributed by atoms with Gasteiger partial charge in [0.1, 0.15) is 11.9 Å². The van der Waals surface area contributed by atoms with Crippen LogP contribution in [-0.2, 0) is 9.53 Å². The number of carbonyl (C=O) groups excluding carboxylic acids is 1. The van der Waals surface area contributed by atoms with Gasteiger partial charge < -0.3 is 10.1 Å². The van der Waals surface area contributed by atoms with E-state index >= 15 is 0 Å². The Morgan fingerprint density at radius 3 is 2.76 bits per heavy atom. The summed E-state index contributed by atoms with van der Waals surface area (Å²) in [6.07, 6.45) is 2.19. The summed E-state index contributed by atoms with van der Waals surface area (Å²) >= 11 is 7.74. The molecule has 2 heterocycles. The number of aromatic nitrogens is 1. The number of allylic oxidation sites excluding steroid dienone is 1. The molecule has 0 amide bonds. The van der Waals surface area contributed by atoms with E-state index in [1.165, 1.54) is 23.5 Å². The van der Waals surface area contributed by atoms with Gasteiger partial charge in [-0.3, -0.25) is 4.99 Å². The van der Waals surface area contributed by atoms with Gasteiger partial charge in [-0.05, 0) is 38.3 Å². The summed E-state index contributed by atoms with van der Waals surface area (Å²) in [4.78, 5) is 22.0. The number of ether oxygens (including phenoxy) is 1.